The lowest BCUT2D eigenvalue weighted by atomic mass is 10.1. The summed E-state index contributed by atoms with van der Waals surface area (Å²) in [6, 6.07) is -0.751. The van der Waals surface area contributed by atoms with E-state index in [1.165, 1.54) is 6.08 Å². The van der Waals surface area contributed by atoms with E-state index < -0.39 is 35.3 Å². The number of ether oxygens (including phenoxy) is 3. The molecule has 0 bridgehead atoms. The molecule has 0 aliphatic carbocycles. The lowest BCUT2D eigenvalue weighted by molar-refractivity contribution is -0.155. The minimum absolute atomic E-state index is 0.133. The SMILES string of the molecule is CCOC(=O)/C=C/C(CC(=O)OC(C)(C)C)NC(=O)OC(C)(C)C. The van der Waals surface area contributed by atoms with Crippen molar-refractivity contribution in [2.24, 2.45) is 0 Å². The zero-order valence-corrected chi connectivity index (χ0v) is 15.6. The van der Waals surface area contributed by atoms with Gasteiger partial charge in [0.2, 0.25) is 0 Å². The molecule has 0 saturated carbocycles. The zero-order valence-electron chi connectivity index (χ0n) is 15.6. The molecule has 0 aliphatic rings. The van der Waals surface area contributed by atoms with Crippen LogP contribution in [0, 0.1) is 0 Å². The third kappa shape index (κ3) is 12.5. The number of esters is 2. The van der Waals surface area contributed by atoms with Crippen LogP contribution >= 0.6 is 0 Å². The molecule has 0 aromatic heterocycles. The quantitative estimate of drug-likeness (QED) is 0.453. The second kappa shape index (κ2) is 9.30. The van der Waals surface area contributed by atoms with Crippen molar-refractivity contribution in [3.05, 3.63) is 12.2 Å². The normalized spacial score (nSPS) is 13.3. The van der Waals surface area contributed by atoms with E-state index in [2.05, 4.69) is 5.32 Å². The number of amides is 1. The summed E-state index contributed by atoms with van der Waals surface area (Å²) in [7, 11) is 0. The fourth-order valence-electron chi connectivity index (χ4n) is 1.57. The van der Waals surface area contributed by atoms with Crippen molar-refractivity contribution in [2.75, 3.05) is 6.61 Å². The fraction of sp³-hybridized carbons (Fsp3) is 0.706. The molecule has 0 spiro atoms. The first-order valence-corrected chi connectivity index (χ1v) is 7.88. The number of alkyl carbamates (subject to hydrolysis) is 1. The molecule has 24 heavy (non-hydrogen) atoms. The van der Waals surface area contributed by atoms with Crippen LogP contribution in [0.1, 0.15) is 54.9 Å². The third-order valence-corrected chi connectivity index (χ3v) is 2.26. The maximum Gasteiger partial charge on any atom is 0.408 e. The Morgan fingerprint density at radius 1 is 1.00 bits per heavy atom. The Hall–Kier alpha value is -2.05. The number of carbonyl (C=O) groups excluding carboxylic acids is 3. The summed E-state index contributed by atoms with van der Waals surface area (Å²) < 4.78 is 15.2. The van der Waals surface area contributed by atoms with E-state index in [-0.39, 0.29) is 13.0 Å². The summed E-state index contributed by atoms with van der Waals surface area (Å²) in [6.07, 6.45) is 1.72. The monoisotopic (exact) mass is 343 g/mol. The molecule has 0 rings (SSSR count). The van der Waals surface area contributed by atoms with Crippen LogP contribution in [-0.4, -0.2) is 41.9 Å². The van der Waals surface area contributed by atoms with Gasteiger partial charge in [0.1, 0.15) is 11.2 Å². The highest BCUT2D eigenvalue weighted by atomic mass is 16.6. The largest absolute Gasteiger partial charge is 0.463 e. The lowest BCUT2D eigenvalue weighted by Crippen LogP contribution is -2.40. The van der Waals surface area contributed by atoms with E-state index in [1.54, 1.807) is 48.5 Å². The van der Waals surface area contributed by atoms with Crippen LogP contribution in [0.3, 0.4) is 0 Å². The van der Waals surface area contributed by atoms with E-state index in [0.717, 1.165) is 6.08 Å². The van der Waals surface area contributed by atoms with Crippen LogP contribution in [0.25, 0.3) is 0 Å². The first-order valence-electron chi connectivity index (χ1n) is 7.88. The molecular weight excluding hydrogens is 314 g/mol. The second-order valence-electron chi connectivity index (χ2n) is 7.15. The zero-order chi connectivity index (χ0) is 19.0. The van der Waals surface area contributed by atoms with Gasteiger partial charge in [0.25, 0.3) is 0 Å². The number of hydrogen-bond donors (Lipinski definition) is 1. The second-order valence-corrected chi connectivity index (χ2v) is 7.15. The average molecular weight is 343 g/mol. The minimum Gasteiger partial charge on any atom is -0.463 e. The lowest BCUT2D eigenvalue weighted by Gasteiger charge is -2.23. The van der Waals surface area contributed by atoms with Gasteiger partial charge in [0.15, 0.2) is 0 Å². The van der Waals surface area contributed by atoms with E-state index >= 15 is 0 Å². The minimum atomic E-state index is -0.751. The molecule has 0 fully saturated rings. The van der Waals surface area contributed by atoms with Gasteiger partial charge in [0, 0.05) is 6.08 Å². The van der Waals surface area contributed by atoms with Crippen LogP contribution in [0.2, 0.25) is 0 Å². The highest BCUT2D eigenvalue weighted by molar-refractivity contribution is 5.82. The van der Waals surface area contributed by atoms with Crippen molar-refractivity contribution in [3.8, 4) is 0 Å². The number of carbonyl (C=O) groups is 3. The maximum atomic E-state index is 11.9. The summed E-state index contributed by atoms with van der Waals surface area (Å²) in [5.41, 5.74) is -1.32. The Kier molecular flexibility index (Phi) is 8.50. The third-order valence-electron chi connectivity index (χ3n) is 2.26. The molecule has 1 atom stereocenters. The first kappa shape index (κ1) is 21.9. The average Bonchev–Trinajstić information content (AvgIpc) is 2.31. The van der Waals surface area contributed by atoms with Gasteiger partial charge >= 0.3 is 18.0 Å². The van der Waals surface area contributed by atoms with Gasteiger partial charge in [-0.15, -0.1) is 0 Å². The van der Waals surface area contributed by atoms with Crippen LogP contribution in [0.15, 0.2) is 12.2 Å². The Bertz CT molecular complexity index is 440. The molecule has 7 nitrogen and oxygen atoms in total. The summed E-state index contributed by atoms with van der Waals surface area (Å²) >= 11 is 0. The molecule has 1 unspecified atom stereocenters. The highest BCUT2D eigenvalue weighted by Gasteiger charge is 2.23. The molecule has 1 amide bonds. The standard InChI is InChI=1S/C17H29NO6/c1-8-22-13(19)10-9-12(11-14(20)23-16(2,3)4)18-15(21)24-17(5,6)7/h9-10,12H,8,11H2,1-7H3,(H,18,21)/b10-9+. The Balaban J connectivity index is 4.92. The predicted molar refractivity (Wildman–Crippen MR) is 89.4 cm³/mol. The predicted octanol–water partition coefficient (Wildman–Crippen LogP) is 2.73. The van der Waals surface area contributed by atoms with Crippen LogP contribution in [0.4, 0.5) is 4.79 Å². The summed E-state index contributed by atoms with van der Waals surface area (Å²) in [4.78, 5) is 35.2. The number of hydrogen-bond acceptors (Lipinski definition) is 6. The molecule has 0 aromatic rings. The van der Waals surface area contributed by atoms with Gasteiger partial charge in [-0.1, -0.05) is 6.08 Å². The summed E-state index contributed by atoms with van der Waals surface area (Å²) in [6.45, 7) is 12.3. The highest BCUT2D eigenvalue weighted by Crippen LogP contribution is 2.11. The van der Waals surface area contributed by atoms with E-state index in [1.807, 2.05) is 0 Å². The van der Waals surface area contributed by atoms with E-state index in [0.29, 0.717) is 0 Å². The van der Waals surface area contributed by atoms with Crippen molar-refractivity contribution in [1.29, 1.82) is 0 Å². The van der Waals surface area contributed by atoms with E-state index in [4.69, 9.17) is 14.2 Å². The van der Waals surface area contributed by atoms with Gasteiger partial charge < -0.3 is 19.5 Å². The molecule has 0 heterocycles. The summed E-state index contributed by atoms with van der Waals surface area (Å²) in [5.74, 6) is -1.06. The Labute approximate surface area is 143 Å². The molecular formula is C17H29NO6. The van der Waals surface area contributed by atoms with Gasteiger partial charge in [-0.25, -0.2) is 9.59 Å². The molecule has 0 aromatic carbocycles. The molecule has 138 valence electrons. The molecule has 0 aliphatic heterocycles. The van der Waals surface area contributed by atoms with Crippen molar-refractivity contribution in [2.45, 2.75) is 72.1 Å². The van der Waals surface area contributed by atoms with E-state index in [9.17, 15) is 14.4 Å². The molecule has 0 saturated heterocycles. The van der Waals surface area contributed by atoms with Crippen molar-refractivity contribution >= 4 is 18.0 Å². The fourth-order valence-corrected chi connectivity index (χ4v) is 1.57. The van der Waals surface area contributed by atoms with Crippen molar-refractivity contribution < 1.29 is 28.6 Å². The number of nitrogens with one attached hydrogen (secondary N) is 1. The van der Waals surface area contributed by atoms with Crippen molar-refractivity contribution in [1.82, 2.24) is 5.32 Å². The topological polar surface area (TPSA) is 90.9 Å². The van der Waals surface area contributed by atoms with Gasteiger partial charge in [-0.3, -0.25) is 4.79 Å². The van der Waals surface area contributed by atoms with Crippen LogP contribution in [-0.2, 0) is 23.8 Å². The summed E-state index contributed by atoms with van der Waals surface area (Å²) in [5, 5.41) is 2.53. The van der Waals surface area contributed by atoms with Crippen LogP contribution in [0.5, 0.6) is 0 Å². The maximum absolute atomic E-state index is 11.9. The molecule has 0 radical (unpaired) electrons. The van der Waals surface area contributed by atoms with Gasteiger partial charge in [0.05, 0.1) is 19.1 Å². The molecule has 1 N–H and O–H groups in total. The van der Waals surface area contributed by atoms with Gasteiger partial charge in [-0.05, 0) is 48.5 Å². The van der Waals surface area contributed by atoms with Crippen molar-refractivity contribution in [3.63, 3.8) is 0 Å². The Morgan fingerprint density at radius 2 is 1.54 bits per heavy atom. The number of rotatable bonds is 6. The van der Waals surface area contributed by atoms with Crippen LogP contribution < -0.4 is 5.32 Å². The smallest absolute Gasteiger partial charge is 0.408 e. The molecule has 7 heteroatoms. The van der Waals surface area contributed by atoms with Gasteiger partial charge in [-0.2, -0.15) is 0 Å². The first-order chi connectivity index (χ1) is 10.8. The Morgan fingerprint density at radius 3 is 2.00 bits per heavy atom.